The van der Waals surface area contributed by atoms with Gasteiger partial charge in [0.1, 0.15) is 5.75 Å². The van der Waals surface area contributed by atoms with Gasteiger partial charge in [-0.25, -0.2) is 0 Å². The number of allylic oxidation sites excluding steroid dienone is 6. The maximum atomic E-state index is 13.4. The minimum absolute atomic E-state index is 0.0297. The molecule has 1 N–H and O–H groups in total. The first-order chi connectivity index (χ1) is 16.8. The first kappa shape index (κ1) is 22.2. The number of nitrogens with zero attached hydrogens (tertiary/aromatic N) is 1. The third-order valence-corrected chi connectivity index (χ3v) is 8.56. The Morgan fingerprint density at radius 1 is 1.03 bits per heavy atom. The number of Topliss-reactive ketones (excluding diaryl/α,β-unsaturated/α-hetero) is 1. The molecule has 7 heteroatoms. The molecule has 4 unspecified atom stereocenters. The molecule has 176 valence electrons. The summed E-state index contributed by atoms with van der Waals surface area (Å²) in [6.45, 7) is 2.09. The lowest BCUT2D eigenvalue weighted by molar-refractivity contribution is -0.139. The van der Waals surface area contributed by atoms with E-state index in [1.165, 1.54) is 11.0 Å². The van der Waals surface area contributed by atoms with E-state index in [1.54, 1.807) is 13.0 Å². The number of halogens is 1. The van der Waals surface area contributed by atoms with Crippen LogP contribution in [0.4, 0.5) is 0 Å². The first-order valence-corrected chi connectivity index (χ1v) is 12.6. The Morgan fingerprint density at radius 3 is 2.57 bits per heavy atom. The molecule has 6 nitrogen and oxygen atoms in total. The number of carbonyl (C=O) groups excluding carboxylic acids is 4. The Kier molecular flexibility index (Phi) is 4.97. The topological polar surface area (TPSA) is 91.8 Å². The van der Waals surface area contributed by atoms with Crippen LogP contribution >= 0.6 is 15.9 Å². The van der Waals surface area contributed by atoms with Crippen molar-refractivity contribution in [1.29, 1.82) is 0 Å². The first-order valence-electron chi connectivity index (χ1n) is 11.8. The highest BCUT2D eigenvalue weighted by molar-refractivity contribution is 9.12. The minimum atomic E-state index is -0.678. The molecule has 1 heterocycles. The Balaban J connectivity index is 1.62. The third kappa shape index (κ3) is 3.00. The highest BCUT2D eigenvalue weighted by Crippen LogP contribution is 2.57. The molecule has 0 saturated carbocycles. The maximum Gasteiger partial charge on any atom is 0.233 e. The Hall–Kier alpha value is -3.32. The van der Waals surface area contributed by atoms with E-state index < -0.39 is 23.7 Å². The van der Waals surface area contributed by atoms with E-state index in [-0.39, 0.29) is 40.0 Å². The standard InChI is InChI=1S/C28H22BrNO5/c1-2-30-27(34)16-9-8-15-17(22(16)28(30)35)11-18-24(21(32)12-19(29)26(18)33)25(15)23-14-6-4-3-5-13(14)7-10-20(23)31/h3-8,10,12,16-17,22,25,31H,2,9,11H2,1H3. The van der Waals surface area contributed by atoms with Gasteiger partial charge < -0.3 is 5.11 Å². The molecule has 3 aliphatic carbocycles. The van der Waals surface area contributed by atoms with Crippen LogP contribution < -0.4 is 0 Å². The fourth-order valence-electron chi connectivity index (χ4n) is 6.50. The maximum absolute atomic E-state index is 13.4. The molecule has 1 aliphatic heterocycles. The molecule has 0 spiro atoms. The van der Waals surface area contributed by atoms with Crippen molar-refractivity contribution in [1.82, 2.24) is 4.90 Å². The van der Waals surface area contributed by atoms with Crippen molar-refractivity contribution in [2.24, 2.45) is 17.8 Å². The van der Waals surface area contributed by atoms with Gasteiger partial charge in [-0.1, -0.05) is 42.0 Å². The van der Waals surface area contributed by atoms with Crippen molar-refractivity contribution in [2.75, 3.05) is 6.54 Å². The summed E-state index contributed by atoms with van der Waals surface area (Å²) in [5.41, 5.74) is 2.11. The van der Waals surface area contributed by atoms with E-state index in [0.29, 0.717) is 29.7 Å². The number of amides is 2. The fourth-order valence-corrected chi connectivity index (χ4v) is 6.95. The summed E-state index contributed by atoms with van der Waals surface area (Å²) in [5.74, 6) is -3.05. The van der Waals surface area contributed by atoms with Crippen LogP contribution in [0.25, 0.3) is 10.8 Å². The summed E-state index contributed by atoms with van der Waals surface area (Å²) in [5, 5.41) is 12.8. The molecule has 4 atom stereocenters. The van der Waals surface area contributed by atoms with Crippen LogP contribution in [0.15, 0.2) is 69.8 Å². The SMILES string of the molecule is CCN1C(=O)C2CC=C3C(c4c(O)ccc5ccccc45)C4=C(CC3C2C1=O)C(=O)C(Br)=CC4=O. The zero-order chi connectivity index (χ0) is 24.6. The fraction of sp³-hybridized carbons (Fsp3) is 0.286. The van der Waals surface area contributed by atoms with Crippen molar-refractivity contribution in [2.45, 2.75) is 25.7 Å². The number of ketones is 2. The van der Waals surface area contributed by atoms with E-state index in [9.17, 15) is 24.3 Å². The van der Waals surface area contributed by atoms with Crippen LogP contribution in [0.5, 0.6) is 5.75 Å². The monoisotopic (exact) mass is 531 g/mol. The Bertz CT molecular complexity index is 1460. The van der Waals surface area contributed by atoms with E-state index in [0.717, 1.165) is 16.3 Å². The molecule has 2 aromatic rings. The average Bonchev–Trinajstić information content (AvgIpc) is 3.10. The van der Waals surface area contributed by atoms with Crippen molar-refractivity contribution in [3.63, 3.8) is 0 Å². The summed E-state index contributed by atoms with van der Waals surface area (Å²) in [6.07, 6.45) is 3.88. The lowest BCUT2D eigenvalue weighted by atomic mass is 9.59. The van der Waals surface area contributed by atoms with Gasteiger partial charge in [-0.15, -0.1) is 0 Å². The summed E-state index contributed by atoms with van der Waals surface area (Å²) in [7, 11) is 0. The molecule has 1 saturated heterocycles. The Morgan fingerprint density at radius 2 is 1.80 bits per heavy atom. The number of phenols is 1. The van der Waals surface area contributed by atoms with E-state index in [1.807, 2.05) is 36.4 Å². The molecule has 35 heavy (non-hydrogen) atoms. The molecule has 6 rings (SSSR count). The number of benzene rings is 2. The summed E-state index contributed by atoms with van der Waals surface area (Å²) in [4.78, 5) is 54.3. The quantitative estimate of drug-likeness (QED) is 0.353. The number of fused-ring (bicyclic) bond motifs is 4. The molecule has 4 aliphatic rings. The van der Waals surface area contributed by atoms with Crippen molar-refractivity contribution in [3.05, 3.63) is 75.3 Å². The third-order valence-electron chi connectivity index (χ3n) is 7.98. The number of carbonyl (C=O) groups is 4. The number of rotatable bonds is 2. The largest absolute Gasteiger partial charge is 0.508 e. The zero-order valence-corrected chi connectivity index (χ0v) is 20.5. The number of likely N-dealkylation sites (tertiary alicyclic amines) is 1. The summed E-state index contributed by atoms with van der Waals surface area (Å²) in [6, 6.07) is 11.0. The second-order valence-corrected chi connectivity index (χ2v) is 10.4. The van der Waals surface area contributed by atoms with Gasteiger partial charge in [-0.3, -0.25) is 24.1 Å². The van der Waals surface area contributed by atoms with E-state index in [4.69, 9.17) is 0 Å². The van der Waals surface area contributed by atoms with Crippen LogP contribution in [0.1, 0.15) is 31.2 Å². The number of hydrogen-bond acceptors (Lipinski definition) is 5. The Labute approximate surface area is 210 Å². The van der Waals surface area contributed by atoms with Crippen LogP contribution in [-0.4, -0.2) is 39.9 Å². The molecule has 1 fully saturated rings. The van der Waals surface area contributed by atoms with Gasteiger partial charge in [0.05, 0.1) is 16.3 Å². The molecule has 2 aromatic carbocycles. The van der Waals surface area contributed by atoms with Crippen LogP contribution in [0.3, 0.4) is 0 Å². The van der Waals surface area contributed by atoms with Crippen LogP contribution in [0, 0.1) is 17.8 Å². The lowest BCUT2D eigenvalue weighted by Gasteiger charge is -2.42. The van der Waals surface area contributed by atoms with Gasteiger partial charge >= 0.3 is 0 Å². The molecule has 2 amide bonds. The number of phenolic OH excluding ortho intramolecular Hbond substituents is 1. The number of aromatic hydroxyl groups is 1. The molecule has 0 radical (unpaired) electrons. The van der Waals surface area contributed by atoms with Crippen molar-refractivity contribution in [3.8, 4) is 5.75 Å². The molecule has 0 aromatic heterocycles. The highest BCUT2D eigenvalue weighted by atomic mass is 79.9. The lowest BCUT2D eigenvalue weighted by Crippen LogP contribution is -2.39. The normalized spacial score (nSPS) is 28.1. The summed E-state index contributed by atoms with van der Waals surface area (Å²) < 4.78 is 0.186. The van der Waals surface area contributed by atoms with Gasteiger partial charge in [0.15, 0.2) is 11.6 Å². The zero-order valence-electron chi connectivity index (χ0n) is 19.0. The van der Waals surface area contributed by atoms with Crippen molar-refractivity contribution >= 4 is 50.1 Å². The second-order valence-electron chi connectivity index (χ2n) is 9.53. The predicted octanol–water partition coefficient (Wildman–Crippen LogP) is 4.33. The molecular formula is C28H22BrNO5. The number of hydrogen-bond donors (Lipinski definition) is 1. The van der Waals surface area contributed by atoms with E-state index >= 15 is 0 Å². The highest BCUT2D eigenvalue weighted by Gasteiger charge is 2.56. The minimum Gasteiger partial charge on any atom is -0.508 e. The van der Waals surface area contributed by atoms with Crippen LogP contribution in [-0.2, 0) is 19.2 Å². The van der Waals surface area contributed by atoms with Gasteiger partial charge in [-0.2, -0.15) is 0 Å². The van der Waals surface area contributed by atoms with Gasteiger partial charge in [0, 0.05) is 35.2 Å². The van der Waals surface area contributed by atoms with Gasteiger partial charge in [0.2, 0.25) is 11.8 Å². The van der Waals surface area contributed by atoms with Crippen LogP contribution in [0.2, 0.25) is 0 Å². The number of imide groups is 1. The molecule has 0 bridgehead atoms. The smallest absolute Gasteiger partial charge is 0.233 e. The second kappa shape index (κ2) is 7.85. The van der Waals surface area contributed by atoms with Gasteiger partial charge in [0.25, 0.3) is 0 Å². The average molecular weight is 532 g/mol. The van der Waals surface area contributed by atoms with Gasteiger partial charge in [-0.05, 0) is 58.5 Å². The summed E-state index contributed by atoms with van der Waals surface area (Å²) >= 11 is 3.24. The predicted molar refractivity (Wildman–Crippen MR) is 133 cm³/mol. The van der Waals surface area contributed by atoms with E-state index in [2.05, 4.69) is 15.9 Å². The molecular weight excluding hydrogens is 510 g/mol. The van der Waals surface area contributed by atoms with Crippen molar-refractivity contribution < 1.29 is 24.3 Å².